The molecule has 1 aromatic rings. The molecule has 0 radical (unpaired) electrons. The molecule has 2 nitrogen and oxygen atoms in total. The van der Waals surface area contributed by atoms with Crippen molar-refractivity contribution in [1.82, 2.24) is 10.2 Å². The lowest BCUT2D eigenvalue weighted by molar-refractivity contribution is 0.265. The molecule has 1 aliphatic rings. The predicted molar refractivity (Wildman–Crippen MR) is 68.3 cm³/mol. The molecule has 2 rings (SSSR count). The molecular weight excluding hydrogens is 215 g/mol. The number of rotatable bonds is 6. The number of nitrogens with one attached hydrogen (secondary N) is 1. The van der Waals surface area contributed by atoms with Crippen molar-refractivity contribution in [1.29, 1.82) is 0 Å². The molecule has 0 atom stereocenters. The van der Waals surface area contributed by atoms with Gasteiger partial charge in [0, 0.05) is 24.7 Å². The SMILES string of the molecule is CCN(Cc1cc(CNC)ccc1F)C1CC1. The first kappa shape index (κ1) is 12.5. The summed E-state index contributed by atoms with van der Waals surface area (Å²) in [4.78, 5) is 2.36. The molecule has 0 amide bonds. The van der Waals surface area contributed by atoms with Crippen LogP contribution in [0.2, 0.25) is 0 Å². The van der Waals surface area contributed by atoms with Gasteiger partial charge in [-0.1, -0.05) is 19.1 Å². The maximum absolute atomic E-state index is 13.7. The first-order valence-corrected chi connectivity index (χ1v) is 6.40. The van der Waals surface area contributed by atoms with Gasteiger partial charge in [-0.05, 0) is 38.1 Å². The smallest absolute Gasteiger partial charge is 0.127 e. The molecule has 0 aromatic heterocycles. The Balaban J connectivity index is 2.09. The third-order valence-corrected chi connectivity index (χ3v) is 3.33. The number of halogens is 1. The second kappa shape index (κ2) is 5.61. The fourth-order valence-electron chi connectivity index (χ4n) is 2.22. The van der Waals surface area contributed by atoms with Crippen molar-refractivity contribution in [3.63, 3.8) is 0 Å². The van der Waals surface area contributed by atoms with E-state index in [1.165, 1.54) is 12.8 Å². The average molecular weight is 236 g/mol. The van der Waals surface area contributed by atoms with Gasteiger partial charge in [-0.15, -0.1) is 0 Å². The van der Waals surface area contributed by atoms with E-state index < -0.39 is 0 Å². The summed E-state index contributed by atoms with van der Waals surface area (Å²) in [6.07, 6.45) is 2.54. The summed E-state index contributed by atoms with van der Waals surface area (Å²) in [5, 5.41) is 3.10. The third-order valence-electron chi connectivity index (χ3n) is 3.33. The van der Waals surface area contributed by atoms with Gasteiger partial charge < -0.3 is 5.32 Å². The van der Waals surface area contributed by atoms with Crippen LogP contribution >= 0.6 is 0 Å². The molecule has 1 saturated carbocycles. The normalized spacial score (nSPS) is 15.5. The van der Waals surface area contributed by atoms with Gasteiger partial charge in [0.05, 0.1) is 0 Å². The van der Waals surface area contributed by atoms with Crippen molar-refractivity contribution in [3.05, 3.63) is 35.1 Å². The Morgan fingerprint density at radius 1 is 1.41 bits per heavy atom. The first-order chi connectivity index (χ1) is 8.24. The van der Waals surface area contributed by atoms with Crippen molar-refractivity contribution < 1.29 is 4.39 Å². The number of nitrogens with zero attached hydrogens (tertiary/aromatic N) is 1. The van der Waals surface area contributed by atoms with E-state index in [9.17, 15) is 4.39 Å². The molecule has 0 bridgehead atoms. The van der Waals surface area contributed by atoms with Gasteiger partial charge in [0.2, 0.25) is 0 Å². The standard InChI is InChI=1S/C14H21FN2/c1-3-17(13-5-6-13)10-12-8-11(9-16-2)4-7-14(12)15/h4,7-8,13,16H,3,5-6,9-10H2,1-2H3. The van der Waals surface area contributed by atoms with Crippen molar-refractivity contribution in [3.8, 4) is 0 Å². The van der Waals surface area contributed by atoms with Crippen LogP contribution in [0.1, 0.15) is 30.9 Å². The Bertz CT molecular complexity index is 374. The summed E-state index contributed by atoms with van der Waals surface area (Å²) >= 11 is 0. The van der Waals surface area contributed by atoms with E-state index in [2.05, 4.69) is 17.1 Å². The fraction of sp³-hybridized carbons (Fsp3) is 0.571. The highest BCUT2D eigenvalue weighted by Gasteiger charge is 2.28. The molecule has 0 spiro atoms. The highest BCUT2D eigenvalue weighted by atomic mass is 19.1. The van der Waals surface area contributed by atoms with Crippen LogP contribution in [-0.2, 0) is 13.1 Å². The largest absolute Gasteiger partial charge is 0.316 e. The van der Waals surface area contributed by atoms with E-state index in [1.54, 1.807) is 6.07 Å². The Labute approximate surface area is 103 Å². The zero-order valence-corrected chi connectivity index (χ0v) is 10.7. The maximum atomic E-state index is 13.7. The monoisotopic (exact) mass is 236 g/mol. The van der Waals surface area contributed by atoms with E-state index in [0.29, 0.717) is 6.04 Å². The first-order valence-electron chi connectivity index (χ1n) is 6.40. The lowest BCUT2D eigenvalue weighted by Crippen LogP contribution is -2.25. The van der Waals surface area contributed by atoms with Crippen LogP contribution in [0.5, 0.6) is 0 Å². The highest BCUT2D eigenvalue weighted by Crippen LogP contribution is 2.28. The Morgan fingerprint density at radius 3 is 2.76 bits per heavy atom. The van der Waals surface area contributed by atoms with Crippen LogP contribution in [0.4, 0.5) is 4.39 Å². The summed E-state index contributed by atoms with van der Waals surface area (Å²) in [5.41, 5.74) is 1.97. The summed E-state index contributed by atoms with van der Waals surface area (Å²) < 4.78 is 13.7. The predicted octanol–water partition coefficient (Wildman–Crippen LogP) is 2.53. The summed E-state index contributed by atoms with van der Waals surface area (Å²) in [6.45, 7) is 4.68. The molecule has 0 saturated heterocycles. The molecule has 1 N–H and O–H groups in total. The molecule has 17 heavy (non-hydrogen) atoms. The molecular formula is C14H21FN2. The molecule has 0 unspecified atom stereocenters. The molecule has 1 fully saturated rings. The minimum Gasteiger partial charge on any atom is -0.316 e. The minimum absolute atomic E-state index is 0.0797. The van der Waals surface area contributed by atoms with Crippen molar-refractivity contribution in [2.24, 2.45) is 0 Å². The lowest BCUT2D eigenvalue weighted by atomic mass is 10.1. The molecule has 0 heterocycles. The lowest BCUT2D eigenvalue weighted by Gasteiger charge is -2.20. The van der Waals surface area contributed by atoms with Gasteiger partial charge in [-0.3, -0.25) is 4.90 Å². The average Bonchev–Trinajstić information content (AvgIpc) is 3.14. The van der Waals surface area contributed by atoms with E-state index in [0.717, 1.165) is 30.8 Å². The van der Waals surface area contributed by atoms with Crippen LogP contribution in [-0.4, -0.2) is 24.5 Å². The number of benzene rings is 1. The fourth-order valence-corrected chi connectivity index (χ4v) is 2.22. The van der Waals surface area contributed by atoms with Crippen molar-refractivity contribution in [2.75, 3.05) is 13.6 Å². The van der Waals surface area contributed by atoms with E-state index in [4.69, 9.17) is 0 Å². The van der Waals surface area contributed by atoms with Crippen molar-refractivity contribution in [2.45, 2.75) is 38.9 Å². The topological polar surface area (TPSA) is 15.3 Å². The van der Waals surface area contributed by atoms with Crippen LogP contribution in [0.25, 0.3) is 0 Å². The minimum atomic E-state index is -0.0797. The van der Waals surface area contributed by atoms with Gasteiger partial charge in [0.25, 0.3) is 0 Å². The van der Waals surface area contributed by atoms with Gasteiger partial charge >= 0.3 is 0 Å². The molecule has 1 aromatic carbocycles. The van der Waals surface area contributed by atoms with Crippen LogP contribution < -0.4 is 5.32 Å². The Hall–Kier alpha value is -0.930. The van der Waals surface area contributed by atoms with Crippen LogP contribution in [0.15, 0.2) is 18.2 Å². The zero-order chi connectivity index (χ0) is 12.3. The number of hydrogen-bond donors (Lipinski definition) is 1. The van der Waals surface area contributed by atoms with E-state index >= 15 is 0 Å². The van der Waals surface area contributed by atoms with Gasteiger partial charge in [0.15, 0.2) is 0 Å². The summed E-state index contributed by atoms with van der Waals surface area (Å²) in [7, 11) is 1.91. The van der Waals surface area contributed by atoms with Gasteiger partial charge in [-0.2, -0.15) is 0 Å². The van der Waals surface area contributed by atoms with E-state index in [-0.39, 0.29) is 5.82 Å². The molecule has 94 valence electrons. The molecule has 1 aliphatic carbocycles. The molecule has 3 heteroatoms. The third kappa shape index (κ3) is 3.27. The zero-order valence-electron chi connectivity index (χ0n) is 10.7. The maximum Gasteiger partial charge on any atom is 0.127 e. The molecule has 0 aliphatic heterocycles. The van der Waals surface area contributed by atoms with Crippen molar-refractivity contribution >= 4 is 0 Å². The van der Waals surface area contributed by atoms with E-state index in [1.807, 2.05) is 19.2 Å². The van der Waals surface area contributed by atoms with Crippen LogP contribution in [0.3, 0.4) is 0 Å². The van der Waals surface area contributed by atoms with Gasteiger partial charge in [-0.25, -0.2) is 4.39 Å². The summed E-state index contributed by atoms with van der Waals surface area (Å²) in [5.74, 6) is -0.0797. The summed E-state index contributed by atoms with van der Waals surface area (Å²) in [6, 6.07) is 6.11. The highest BCUT2D eigenvalue weighted by molar-refractivity contribution is 5.25. The Kier molecular flexibility index (Phi) is 4.13. The second-order valence-electron chi connectivity index (χ2n) is 4.75. The Morgan fingerprint density at radius 2 is 2.18 bits per heavy atom. The van der Waals surface area contributed by atoms with Gasteiger partial charge in [0.1, 0.15) is 5.82 Å². The van der Waals surface area contributed by atoms with Crippen LogP contribution in [0, 0.1) is 5.82 Å². The second-order valence-corrected chi connectivity index (χ2v) is 4.75. The number of hydrogen-bond acceptors (Lipinski definition) is 2. The quantitative estimate of drug-likeness (QED) is 0.816.